The number of nitrogens with one attached hydrogen (secondary N) is 2. The minimum Gasteiger partial charge on any atom is -0.479 e. The summed E-state index contributed by atoms with van der Waals surface area (Å²) < 4.78 is 5.40. The van der Waals surface area contributed by atoms with E-state index >= 15 is 0 Å². The number of urea groups is 1. The molecule has 2 aromatic rings. The zero-order valence-electron chi connectivity index (χ0n) is 17.4. The van der Waals surface area contributed by atoms with Crippen LogP contribution in [-0.2, 0) is 5.54 Å². The fourth-order valence-electron chi connectivity index (χ4n) is 4.78. The lowest BCUT2D eigenvalue weighted by Crippen LogP contribution is -2.54. The predicted octanol–water partition coefficient (Wildman–Crippen LogP) is 3.14. The van der Waals surface area contributed by atoms with Crippen LogP contribution in [0, 0.1) is 6.92 Å². The van der Waals surface area contributed by atoms with Gasteiger partial charge in [-0.05, 0) is 44.7 Å². The number of anilines is 1. The van der Waals surface area contributed by atoms with Crippen molar-refractivity contribution in [3.05, 3.63) is 47.9 Å². The SMILES string of the molecule is CCN[C@]1(c2ccccc2)CC[C@]2(CC1)CN(c1cnc(C)nc1OC)C(=O)N2. The first kappa shape index (κ1) is 19.6. The Balaban J connectivity index is 1.55. The summed E-state index contributed by atoms with van der Waals surface area (Å²) in [5, 5.41) is 7.00. The van der Waals surface area contributed by atoms with Gasteiger partial charge in [-0.3, -0.25) is 4.90 Å². The lowest BCUT2D eigenvalue weighted by atomic mass is 9.69. The third kappa shape index (κ3) is 3.55. The van der Waals surface area contributed by atoms with Crippen LogP contribution in [0.3, 0.4) is 0 Å². The molecular weight excluding hydrogens is 366 g/mol. The number of hydrogen-bond acceptors (Lipinski definition) is 5. The fourth-order valence-corrected chi connectivity index (χ4v) is 4.78. The Bertz CT molecular complexity index is 878. The highest BCUT2D eigenvalue weighted by molar-refractivity contribution is 5.96. The molecule has 2 N–H and O–H groups in total. The van der Waals surface area contributed by atoms with Crippen LogP contribution in [0.4, 0.5) is 10.5 Å². The molecule has 2 fully saturated rings. The van der Waals surface area contributed by atoms with Crippen molar-refractivity contribution >= 4 is 11.7 Å². The molecule has 1 saturated heterocycles. The summed E-state index contributed by atoms with van der Waals surface area (Å²) in [4.78, 5) is 23.2. The number of carbonyl (C=O) groups excluding carboxylic acids is 1. The zero-order chi connectivity index (χ0) is 20.5. The molecule has 2 heterocycles. The second-order valence-corrected chi connectivity index (χ2v) is 8.09. The number of aromatic nitrogens is 2. The maximum Gasteiger partial charge on any atom is 0.322 e. The Labute approximate surface area is 171 Å². The number of ether oxygens (including phenoxy) is 1. The number of benzene rings is 1. The van der Waals surface area contributed by atoms with Crippen LogP contribution in [0.5, 0.6) is 5.88 Å². The second kappa shape index (κ2) is 7.63. The van der Waals surface area contributed by atoms with Crippen LogP contribution in [0.1, 0.15) is 44.0 Å². The highest BCUT2D eigenvalue weighted by Crippen LogP contribution is 2.44. The van der Waals surface area contributed by atoms with E-state index in [0.717, 1.165) is 32.2 Å². The van der Waals surface area contributed by atoms with Crippen LogP contribution in [0.25, 0.3) is 0 Å². The summed E-state index contributed by atoms with van der Waals surface area (Å²) in [5.74, 6) is 1.06. The number of rotatable bonds is 5. The Hall–Kier alpha value is -2.67. The Morgan fingerprint density at radius 1 is 1.21 bits per heavy atom. The molecule has 0 atom stereocenters. The summed E-state index contributed by atoms with van der Waals surface area (Å²) in [7, 11) is 1.57. The lowest BCUT2D eigenvalue weighted by Gasteiger charge is -2.45. The van der Waals surface area contributed by atoms with Gasteiger partial charge in [0.1, 0.15) is 11.5 Å². The zero-order valence-corrected chi connectivity index (χ0v) is 17.4. The van der Waals surface area contributed by atoms with Crippen molar-refractivity contribution < 1.29 is 9.53 Å². The molecule has 4 rings (SSSR count). The molecule has 1 aliphatic carbocycles. The lowest BCUT2D eigenvalue weighted by molar-refractivity contribution is 0.161. The van der Waals surface area contributed by atoms with Gasteiger partial charge in [-0.25, -0.2) is 9.78 Å². The van der Waals surface area contributed by atoms with Gasteiger partial charge in [0.2, 0.25) is 5.88 Å². The van der Waals surface area contributed by atoms with E-state index in [2.05, 4.69) is 57.9 Å². The van der Waals surface area contributed by atoms with Crippen LogP contribution >= 0.6 is 0 Å². The first-order valence-electron chi connectivity index (χ1n) is 10.3. The van der Waals surface area contributed by atoms with Gasteiger partial charge >= 0.3 is 6.03 Å². The topological polar surface area (TPSA) is 79.4 Å². The average Bonchev–Trinajstić information content (AvgIpc) is 3.06. The van der Waals surface area contributed by atoms with E-state index in [1.165, 1.54) is 5.56 Å². The molecule has 1 spiro atoms. The van der Waals surface area contributed by atoms with Crippen molar-refractivity contribution in [3.63, 3.8) is 0 Å². The van der Waals surface area contributed by atoms with Gasteiger partial charge in [0.05, 0.1) is 25.4 Å². The van der Waals surface area contributed by atoms with Crippen molar-refractivity contribution in [3.8, 4) is 5.88 Å². The quantitative estimate of drug-likeness (QED) is 0.813. The number of aryl methyl sites for hydroxylation is 1. The van der Waals surface area contributed by atoms with E-state index in [1.54, 1.807) is 18.2 Å². The Morgan fingerprint density at radius 3 is 2.59 bits per heavy atom. The molecule has 1 aromatic heterocycles. The molecule has 0 bridgehead atoms. The monoisotopic (exact) mass is 395 g/mol. The number of methoxy groups -OCH3 is 1. The molecule has 1 aromatic carbocycles. The normalized spacial score (nSPS) is 26.6. The molecule has 7 nitrogen and oxygen atoms in total. The number of carbonyl (C=O) groups is 1. The van der Waals surface area contributed by atoms with Gasteiger partial charge < -0.3 is 15.4 Å². The minimum atomic E-state index is -0.235. The fraction of sp³-hybridized carbons (Fsp3) is 0.500. The summed E-state index contributed by atoms with van der Waals surface area (Å²) in [6.45, 7) is 5.48. The van der Waals surface area contributed by atoms with E-state index in [0.29, 0.717) is 23.9 Å². The first-order valence-corrected chi connectivity index (χ1v) is 10.3. The molecule has 0 unspecified atom stereocenters. The maximum absolute atomic E-state index is 12.8. The van der Waals surface area contributed by atoms with Gasteiger partial charge in [-0.2, -0.15) is 4.98 Å². The van der Waals surface area contributed by atoms with Crippen LogP contribution in [0.2, 0.25) is 0 Å². The summed E-state index contributed by atoms with van der Waals surface area (Å²) >= 11 is 0. The van der Waals surface area contributed by atoms with Crippen molar-refractivity contribution in [2.45, 2.75) is 50.6 Å². The molecule has 2 amide bonds. The van der Waals surface area contributed by atoms with E-state index in [1.807, 2.05) is 6.92 Å². The van der Waals surface area contributed by atoms with E-state index in [4.69, 9.17) is 4.74 Å². The predicted molar refractivity (Wildman–Crippen MR) is 112 cm³/mol. The van der Waals surface area contributed by atoms with Gasteiger partial charge in [0.15, 0.2) is 0 Å². The van der Waals surface area contributed by atoms with E-state index in [-0.39, 0.29) is 17.1 Å². The molecule has 1 saturated carbocycles. The third-order valence-corrected chi connectivity index (χ3v) is 6.32. The summed E-state index contributed by atoms with van der Waals surface area (Å²) in [6, 6.07) is 10.6. The average molecular weight is 396 g/mol. The number of hydrogen-bond donors (Lipinski definition) is 2. The first-order chi connectivity index (χ1) is 14.0. The van der Waals surface area contributed by atoms with E-state index in [9.17, 15) is 4.79 Å². The highest BCUT2D eigenvalue weighted by Gasteiger charge is 2.49. The van der Waals surface area contributed by atoms with Gasteiger partial charge in [-0.15, -0.1) is 0 Å². The standard InChI is InChI=1S/C22H29N5O2/c1-4-24-22(17-8-6-5-7-9-17)12-10-21(11-13-22)15-27(20(28)26-21)18-14-23-16(2)25-19(18)29-3/h5-9,14,24H,4,10-13,15H2,1-3H3,(H,26,28)/t21-,22+. The Morgan fingerprint density at radius 2 is 1.93 bits per heavy atom. The molecule has 154 valence electrons. The van der Waals surface area contributed by atoms with Gasteiger partial charge in [0, 0.05) is 5.54 Å². The van der Waals surface area contributed by atoms with Crippen molar-refractivity contribution in [1.29, 1.82) is 0 Å². The number of nitrogens with zero attached hydrogens (tertiary/aromatic N) is 3. The summed E-state index contributed by atoms with van der Waals surface area (Å²) in [5.41, 5.74) is 1.68. The number of amides is 2. The van der Waals surface area contributed by atoms with Gasteiger partial charge in [-0.1, -0.05) is 37.3 Å². The van der Waals surface area contributed by atoms with Crippen molar-refractivity contribution in [2.75, 3.05) is 25.1 Å². The van der Waals surface area contributed by atoms with Crippen molar-refractivity contribution in [1.82, 2.24) is 20.6 Å². The largest absolute Gasteiger partial charge is 0.479 e. The minimum absolute atomic E-state index is 0.0376. The van der Waals surface area contributed by atoms with Crippen LogP contribution in [0.15, 0.2) is 36.5 Å². The molecule has 2 aliphatic rings. The van der Waals surface area contributed by atoms with Crippen LogP contribution < -0.4 is 20.3 Å². The molecule has 29 heavy (non-hydrogen) atoms. The van der Waals surface area contributed by atoms with Gasteiger partial charge in [0.25, 0.3) is 0 Å². The van der Waals surface area contributed by atoms with Crippen molar-refractivity contribution in [2.24, 2.45) is 0 Å². The molecule has 0 radical (unpaired) electrons. The smallest absolute Gasteiger partial charge is 0.322 e. The van der Waals surface area contributed by atoms with E-state index < -0.39 is 0 Å². The molecule has 7 heteroatoms. The maximum atomic E-state index is 12.8. The molecular formula is C22H29N5O2. The third-order valence-electron chi connectivity index (χ3n) is 6.32. The second-order valence-electron chi connectivity index (χ2n) is 8.09. The summed E-state index contributed by atoms with van der Waals surface area (Å²) in [6.07, 6.45) is 5.44. The van der Waals surface area contributed by atoms with Crippen LogP contribution in [-0.4, -0.2) is 41.7 Å². The highest BCUT2D eigenvalue weighted by atomic mass is 16.5. The Kier molecular flexibility index (Phi) is 5.17. The molecule has 1 aliphatic heterocycles.